The predicted octanol–water partition coefficient (Wildman–Crippen LogP) is 3.53. The number of aryl methyl sites for hydroxylation is 1. The van der Waals surface area contributed by atoms with Crippen molar-refractivity contribution in [1.29, 1.82) is 0 Å². The van der Waals surface area contributed by atoms with Crippen molar-refractivity contribution in [3.8, 4) is 0 Å². The molecule has 0 atom stereocenters. The van der Waals surface area contributed by atoms with Crippen LogP contribution in [0.2, 0.25) is 0 Å². The Balaban J connectivity index is 1.91. The fourth-order valence-corrected chi connectivity index (χ4v) is 3.04. The largest absolute Gasteiger partial charge is 0.272 e. The molecule has 0 radical (unpaired) electrons. The monoisotopic (exact) mass is 278 g/mol. The van der Waals surface area contributed by atoms with Crippen molar-refractivity contribution < 1.29 is 4.79 Å². The first-order valence-electron chi connectivity index (χ1n) is 5.72. The van der Waals surface area contributed by atoms with Gasteiger partial charge in [0, 0.05) is 15.8 Å². The predicted molar refractivity (Wildman–Crippen MR) is 77.7 cm³/mol. The van der Waals surface area contributed by atoms with Crippen LogP contribution < -0.4 is 5.43 Å². The Morgan fingerprint density at radius 2 is 2.39 bits per heavy atom. The van der Waals surface area contributed by atoms with E-state index in [0.717, 1.165) is 18.4 Å². The lowest BCUT2D eigenvalue weighted by Crippen LogP contribution is -2.16. The van der Waals surface area contributed by atoms with E-state index in [1.165, 1.54) is 4.88 Å². The summed E-state index contributed by atoms with van der Waals surface area (Å²) in [4.78, 5) is 13.0. The molecule has 0 bridgehead atoms. The van der Waals surface area contributed by atoms with Gasteiger partial charge < -0.3 is 0 Å². The highest BCUT2D eigenvalue weighted by Gasteiger charge is 2.07. The van der Waals surface area contributed by atoms with Crippen LogP contribution in [0, 0.1) is 0 Å². The quantitative estimate of drug-likeness (QED) is 0.660. The van der Waals surface area contributed by atoms with Crippen molar-refractivity contribution in [3.63, 3.8) is 0 Å². The number of amides is 1. The van der Waals surface area contributed by atoms with Gasteiger partial charge in [0.05, 0.1) is 11.8 Å². The van der Waals surface area contributed by atoms with Crippen LogP contribution in [0.3, 0.4) is 0 Å². The lowest BCUT2D eigenvalue weighted by molar-refractivity contribution is 0.0955. The Labute approximate surface area is 114 Å². The van der Waals surface area contributed by atoms with Gasteiger partial charge in [0.25, 0.3) is 5.91 Å². The molecule has 1 amide bonds. The van der Waals surface area contributed by atoms with Crippen LogP contribution in [0.15, 0.2) is 33.4 Å². The molecule has 0 unspecified atom stereocenters. The van der Waals surface area contributed by atoms with Crippen LogP contribution >= 0.6 is 22.7 Å². The first kappa shape index (κ1) is 13.0. The number of hydrogen-bond acceptors (Lipinski definition) is 4. The maximum atomic E-state index is 11.8. The highest BCUT2D eigenvalue weighted by Crippen LogP contribution is 2.16. The van der Waals surface area contributed by atoms with Gasteiger partial charge in [-0.05, 0) is 29.3 Å². The average Bonchev–Trinajstić information content (AvgIpc) is 3.00. The molecule has 3 nitrogen and oxygen atoms in total. The van der Waals surface area contributed by atoms with E-state index in [1.807, 2.05) is 28.3 Å². The van der Waals surface area contributed by atoms with E-state index >= 15 is 0 Å². The second-order valence-electron chi connectivity index (χ2n) is 3.81. The molecule has 0 saturated carbocycles. The fourth-order valence-electron chi connectivity index (χ4n) is 1.46. The zero-order valence-electron chi connectivity index (χ0n) is 10.1. The molecule has 1 N–H and O–H groups in total. The van der Waals surface area contributed by atoms with Crippen LogP contribution in [0.1, 0.15) is 34.1 Å². The summed E-state index contributed by atoms with van der Waals surface area (Å²) < 4.78 is 0. The van der Waals surface area contributed by atoms with Crippen LogP contribution in [0.5, 0.6) is 0 Å². The summed E-state index contributed by atoms with van der Waals surface area (Å²) in [6.07, 6.45) is 3.77. The molecule has 2 heterocycles. The summed E-state index contributed by atoms with van der Waals surface area (Å²) >= 11 is 3.22. The SMILES string of the molecule is CCCc1cc(C(=O)N/N=C\c2ccsc2)cs1. The molecular weight excluding hydrogens is 264 g/mol. The van der Waals surface area contributed by atoms with Gasteiger partial charge in [-0.1, -0.05) is 13.3 Å². The van der Waals surface area contributed by atoms with Crippen molar-refractivity contribution in [2.75, 3.05) is 0 Å². The zero-order valence-corrected chi connectivity index (χ0v) is 11.7. The van der Waals surface area contributed by atoms with Crippen LogP contribution in [0.4, 0.5) is 0 Å². The van der Waals surface area contributed by atoms with Gasteiger partial charge in [-0.15, -0.1) is 11.3 Å². The first-order valence-corrected chi connectivity index (χ1v) is 7.55. The summed E-state index contributed by atoms with van der Waals surface area (Å²) in [5.74, 6) is -0.153. The van der Waals surface area contributed by atoms with Gasteiger partial charge in [-0.3, -0.25) is 4.79 Å². The minimum absolute atomic E-state index is 0.153. The van der Waals surface area contributed by atoms with Crippen molar-refractivity contribution in [2.24, 2.45) is 5.10 Å². The Bertz CT molecular complexity index is 529. The zero-order chi connectivity index (χ0) is 12.8. The van der Waals surface area contributed by atoms with Gasteiger partial charge in [0.1, 0.15) is 0 Å². The van der Waals surface area contributed by atoms with Gasteiger partial charge in [-0.2, -0.15) is 16.4 Å². The molecule has 0 spiro atoms. The maximum Gasteiger partial charge on any atom is 0.272 e. The lowest BCUT2D eigenvalue weighted by Gasteiger charge is -1.95. The maximum absolute atomic E-state index is 11.8. The molecule has 94 valence electrons. The van der Waals surface area contributed by atoms with E-state index in [-0.39, 0.29) is 5.91 Å². The molecule has 5 heteroatoms. The smallest absolute Gasteiger partial charge is 0.267 e. The molecule has 2 aromatic rings. The molecule has 0 fully saturated rings. The minimum Gasteiger partial charge on any atom is -0.267 e. The van der Waals surface area contributed by atoms with Gasteiger partial charge >= 0.3 is 0 Å². The van der Waals surface area contributed by atoms with Gasteiger partial charge in [0.2, 0.25) is 0 Å². The number of hydrazone groups is 1. The standard InChI is InChI=1S/C13H14N2OS2/c1-2-3-12-6-11(9-18-12)13(16)15-14-7-10-4-5-17-8-10/h4-9H,2-3H2,1H3,(H,15,16)/b14-7-. The minimum atomic E-state index is -0.153. The summed E-state index contributed by atoms with van der Waals surface area (Å²) in [7, 11) is 0. The van der Waals surface area contributed by atoms with Crippen LogP contribution in [-0.4, -0.2) is 12.1 Å². The molecule has 0 saturated heterocycles. The third kappa shape index (κ3) is 3.51. The second kappa shape index (κ2) is 6.47. The van der Waals surface area contributed by atoms with Gasteiger partial charge in [-0.25, -0.2) is 5.43 Å². The summed E-state index contributed by atoms with van der Waals surface area (Å²) in [5, 5.41) is 9.75. The van der Waals surface area contributed by atoms with Crippen molar-refractivity contribution in [1.82, 2.24) is 5.43 Å². The van der Waals surface area contributed by atoms with E-state index in [0.29, 0.717) is 5.56 Å². The van der Waals surface area contributed by atoms with E-state index < -0.39 is 0 Å². The molecule has 0 aliphatic rings. The van der Waals surface area contributed by atoms with Crippen molar-refractivity contribution >= 4 is 34.8 Å². The highest BCUT2D eigenvalue weighted by molar-refractivity contribution is 7.10. The Morgan fingerprint density at radius 3 is 3.11 bits per heavy atom. The topological polar surface area (TPSA) is 41.5 Å². The molecule has 18 heavy (non-hydrogen) atoms. The average molecular weight is 278 g/mol. The Hall–Kier alpha value is -1.46. The highest BCUT2D eigenvalue weighted by atomic mass is 32.1. The molecule has 2 aromatic heterocycles. The Morgan fingerprint density at radius 1 is 1.50 bits per heavy atom. The van der Waals surface area contributed by atoms with Crippen LogP contribution in [0.25, 0.3) is 0 Å². The van der Waals surface area contributed by atoms with Crippen molar-refractivity contribution in [3.05, 3.63) is 44.3 Å². The number of rotatable bonds is 5. The molecule has 0 aliphatic carbocycles. The second-order valence-corrected chi connectivity index (χ2v) is 5.58. The molecule has 0 aliphatic heterocycles. The third-order valence-corrected chi connectivity index (χ3v) is 4.03. The third-order valence-electron chi connectivity index (χ3n) is 2.34. The first-order chi connectivity index (χ1) is 8.79. The van der Waals surface area contributed by atoms with Gasteiger partial charge in [0.15, 0.2) is 0 Å². The normalized spacial score (nSPS) is 10.9. The number of thiophene rings is 2. The number of carbonyl (C=O) groups is 1. The number of hydrogen-bond donors (Lipinski definition) is 1. The number of nitrogens with zero attached hydrogens (tertiary/aromatic N) is 1. The summed E-state index contributed by atoms with van der Waals surface area (Å²) in [6, 6.07) is 3.88. The number of carbonyl (C=O) groups excluding carboxylic acids is 1. The van der Waals surface area contributed by atoms with E-state index in [9.17, 15) is 4.79 Å². The van der Waals surface area contributed by atoms with E-state index in [4.69, 9.17) is 0 Å². The summed E-state index contributed by atoms with van der Waals surface area (Å²) in [6.45, 7) is 2.13. The van der Waals surface area contributed by atoms with E-state index in [1.54, 1.807) is 28.9 Å². The molecular formula is C13H14N2OS2. The van der Waals surface area contributed by atoms with E-state index in [2.05, 4.69) is 17.5 Å². The fraction of sp³-hybridized carbons (Fsp3) is 0.231. The number of nitrogens with one attached hydrogen (secondary N) is 1. The Kier molecular flexibility index (Phi) is 4.66. The van der Waals surface area contributed by atoms with Crippen molar-refractivity contribution in [2.45, 2.75) is 19.8 Å². The summed E-state index contributed by atoms with van der Waals surface area (Å²) in [5.41, 5.74) is 4.22. The van der Waals surface area contributed by atoms with Crippen LogP contribution in [-0.2, 0) is 6.42 Å². The lowest BCUT2D eigenvalue weighted by atomic mass is 10.2. The molecule has 2 rings (SSSR count). The molecule has 0 aromatic carbocycles.